The average molecular weight is 266 g/mol. The summed E-state index contributed by atoms with van der Waals surface area (Å²) in [6, 6.07) is 0. The molecule has 3 heteroatoms. The maximum Gasteiger partial charge on any atom is 0.254 e. The van der Waals surface area contributed by atoms with E-state index < -0.39 is 0 Å². The predicted molar refractivity (Wildman–Crippen MR) is 40.5 cm³/mol. The van der Waals surface area contributed by atoms with Crippen molar-refractivity contribution in [2.24, 2.45) is 13.0 Å². The van der Waals surface area contributed by atoms with E-state index in [0.29, 0.717) is 0 Å². The first-order chi connectivity index (χ1) is 4.70. The van der Waals surface area contributed by atoms with Gasteiger partial charge in [0.1, 0.15) is 12.4 Å². The van der Waals surface area contributed by atoms with Gasteiger partial charge in [0.15, 0.2) is 0 Å². The molecule has 0 unspecified atom stereocenters. The molecule has 0 saturated heterocycles. The Bertz CT molecular complexity index is 206. The van der Waals surface area contributed by atoms with Crippen LogP contribution in [-0.2, 0) is 13.5 Å². The molecule has 1 aromatic rings. The molecule has 0 saturated carbocycles. The minimum absolute atomic E-state index is 0. The lowest BCUT2D eigenvalue weighted by molar-refractivity contribution is -0.678. The van der Waals surface area contributed by atoms with E-state index in [9.17, 15) is 0 Å². The van der Waals surface area contributed by atoms with Gasteiger partial charge in [0.05, 0.1) is 13.5 Å². The second kappa shape index (κ2) is 4.74. The second-order valence-electron chi connectivity index (χ2n) is 3.12. The summed E-state index contributed by atoms with van der Waals surface area (Å²) in [5.74, 6) is 2.03. The van der Waals surface area contributed by atoms with E-state index in [1.807, 2.05) is 12.4 Å². The Morgan fingerprint density at radius 1 is 1.55 bits per heavy atom. The van der Waals surface area contributed by atoms with Gasteiger partial charge in [0, 0.05) is 0 Å². The van der Waals surface area contributed by atoms with Crippen molar-refractivity contribution >= 4 is 0 Å². The quantitative estimate of drug-likeness (QED) is 0.474. The Balaban J connectivity index is 0.000001000. The Morgan fingerprint density at radius 2 is 2.18 bits per heavy atom. The van der Waals surface area contributed by atoms with Crippen LogP contribution in [0.5, 0.6) is 0 Å². The van der Waals surface area contributed by atoms with Crippen LogP contribution in [0, 0.1) is 5.92 Å². The standard InChI is InChI=1S/C8H14N2.HI/c1-7(2)6-8-9-4-5-10(8)3;/h4-5,7H,6H2,1-3H3;1H. The van der Waals surface area contributed by atoms with Crippen LogP contribution in [0.2, 0.25) is 0 Å². The van der Waals surface area contributed by atoms with E-state index in [1.54, 1.807) is 0 Å². The number of H-pyrrole nitrogens is 1. The topological polar surface area (TPSA) is 19.7 Å². The minimum Gasteiger partial charge on any atom is -1.00 e. The van der Waals surface area contributed by atoms with Gasteiger partial charge in [0.2, 0.25) is 0 Å². The number of hydrogen-bond acceptors (Lipinski definition) is 0. The summed E-state index contributed by atoms with van der Waals surface area (Å²) < 4.78 is 2.12. The number of aromatic amines is 1. The van der Waals surface area contributed by atoms with E-state index in [-0.39, 0.29) is 24.0 Å². The number of aryl methyl sites for hydroxylation is 1. The van der Waals surface area contributed by atoms with Crippen LogP contribution < -0.4 is 28.5 Å². The third kappa shape index (κ3) is 3.22. The predicted octanol–water partition coefficient (Wildman–Crippen LogP) is -1.96. The van der Waals surface area contributed by atoms with Crippen molar-refractivity contribution in [2.45, 2.75) is 20.3 Å². The van der Waals surface area contributed by atoms with Crippen LogP contribution in [0.4, 0.5) is 0 Å². The summed E-state index contributed by atoms with van der Waals surface area (Å²) >= 11 is 0. The van der Waals surface area contributed by atoms with Gasteiger partial charge in [-0.3, -0.25) is 0 Å². The molecule has 64 valence electrons. The van der Waals surface area contributed by atoms with Crippen LogP contribution in [0.15, 0.2) is 12.4 Å². The molecule has 0 aliphatic heterocycles. The van der Waals surface area contributed by atoms with Crippen molar-refractivity contribution in [2.75, 3.05) is 0 Å². The number of halogens is 1. The number of nitrogens with zero attached hydrogens (tertiary/aromatic N) is 1. The first-order valence-electron chi connectivity index (χ1n) is 3.72. The van der Waals surface area contributed by atoms with Crippen LogP contribution in [0.1, 0.15) is 19.7 Å². The zero-order valence-corrected chi connectivity index (χ0v) is 9.42. The van der Waals surface area contributed by atoms with E-state index >= 15 is 0 Å². The third-order valence-electron chi connectivity index (χ3n) is 1.58. The Kier molecular flexibility index (Phi) is 4.72. The Hall–Kier alpha value is -0.0600. The van der Waals surface area contributed by atoms with E-state index in [4.69, 9.17) is 0 Å². The molecule has 1 N–H and O–H groups in total. The zero-order valence-electron chi connectivity index (χ0n) is 7.26. The largest absolute Gasteiger partial charge is 1.00 e. The molecule has 1 aromatic heterocycles. The van der Waals surface area contributed by atoms with Gasteiger partial charge in [-0.05, 0) is 5.92 Å². The summed E-state index contributed by atoms with van der Waals surface area (Å²) in [4.78, 5) is 3.20. The molecule has 0 aliphatic rings. The highest BCUT2D eigenvalue weighted by atomic mass is 127. The van der Waals surface area contributed by atoms with Gasteiger partial charge in [0.25, 0.3) is 5.82 Å². The number of aromatic nitrogens is 2. The minimum atomic E-state index is 0. The van der Waals surface area contributed by atoms with Crippen molar-refractivity contribution in [3.8, 4) is 0 Å². The second-order valence-corrected chi connectivity index (χ2v) is 3.12. The molecule has 0 spiro atoms. The lowest BCUT2D eigenvalue weighted by Gasteiger charge is -1.97. The van der Waals surface area contributed by atoms with Crippen molar-refractivity contribution < 1.29 is 28.5 Å². The molecule has 0 amide bonds. The van der Waals surface area contributed by atoms with Crippen molar-refractivity contribution in [3.63, 3.8) is 0 Å². The third-order valence-corrected chi connectivity index (χ3v) is 1.58. The molecule has 0 aromatic carbocycles. The monoisotopic (exact) mass is 266 g/mol. The van der Waals surface area contributed by atoms with Crippen LogP contribution in [-0.4, -0.2) is 4.98 Å². The number of hydrogen-bond donors (Lipinski definition) is 1. The lowest BCUT2D eigenvalue weighted by Crippen LogP contribution is -3.00. The molecule has 0 radical (unpaired) electrons. The van der Waals surface area contributed by atoms with E-state index in [2.05, 4.69) is 30.4 Å². The van der Waals surface area contributed by atoms with Gasteiger partial charge in [-0.2, -0.15) is 0 Å². The van der Waals surface area contributed by atoms with Crippen LogP contribution in [0.3, 0.4) is 0 Å². The van der Waals surface area contributed by atoms with Gasteiger partial charge in [-0.25, -0.2) is 9.55 Å². The number of nitrogens with one attached hydrogen (secondary N) is 1. The highest BCUT2D eigenvalue weighted by Crippen LogP contribution is 1.99. The first kappa shape index (κ1) is 10.9. The molecule has 2 nitrogen and oxygen atoms in total. The summed E-state index contributed by atoms with van der Waals surface area (Å²) in [6.45, 7) is 4.45. The highest BCUT2D eigenvalue weighted by molar-refractivity contribution is 4.77. The first-order valence-corrected chi connectivity index (χ1v) is 3.72. The van der Waals surface area contributed by atoms with Gasteiger partial charge >= 0.3 is 0 Å². The molecule has 0 atom stereocenters. The SMILES string of the molecule is CC(C)Cc1[nH]cc[n+]1C.[I-]. The molecule has 1 rings (SSSR count). The normalized spacial score (nSPS) is 9.82. The lowest BCUT2D eigenvalue weighted by atomic mass is 10.1. The van der Waals surface area contributed by atoms with Gasteiger partial charge in [-0.15, -0.1) is 0 Å². The number of rotatable bonds is 2. The maximum atomic E-state index is 3.20. The van der Waals surface area contributed by atoms with Crippen LogP contribution >= 0.6 is 0 Å². The molecule has 0 aliphatic carbocycles. The van der Waals surface area contributed by atoms with Gasteiger partial charge < -0.3 is 24.0 Å². The maximum absolute atomic E-state index is 3.20. The molecule has 0 bridgehead atoms. The van der Waals surface area contributed by atoms with Crippen LogP contribution in [0.25, 0.3) is 0 Å². The summed E-state index contributed by atoms with van der Waals surface area (Å²) in [7, 11) is 2.06. The fraction of sp³-hybridized carbons (Fsp3) is 0.625. The van der Waals surface area contributed by atoms with Crippen molar-refractivity contribution in [1.29, 1.82) is 0 Å². The molecule has 11 heavy (non-hydrogen) atoms. The van der Waals surface area contributed by atoms with E-state index in [0.717, 1.165) is 12.3 Å². The molecule has 0 fully saturated rings. The molecular formula is C8H15IN2. The smallest absolute Gasteiger partial charge is 0.254 e. The van der Waals surface area contributed by atoms with Gasteiger partial charge in [-0.1, -0.05) is 13.8 Å². The zero-order chi connectivity index (χ0) is 7.56. The average Bonchev–Trinajstić information content (AvgIpc) is 2.15. The summed E-state index contributed by atoms with van der Waals surface area (Å²) in [5.41, 5.74) is 0. The van der Waals surface area contributed by atoms with Crippen molar-refractivity contribution in [1.82, 2.24) is 4.98 Å². The summed E-state index contributed by atoms with van der Waals surface area (Å²) in [5, 5.41) is 0. The number of imidazole rings is 1. The Morgan fingerprint density at radius 3 is 2.55 bits per heavy atom. The van der Waals surface area contributed by atoms with E-state index in [1.165, 1.54) is 5.82 Å². The highest BCUT2D eigenvalue weighted by Gasteiger charge is 2.07. The summed E-state index contributed by atoms with van der Waals surface area (Å²) in [6.07, 6.45) is 5.14. The molecular weight excluding hydrogens is 251 g/mol. The fourth-order valence-electron chi connectivity index (χ4n) is 1.03. The molecule has 1 heterocycles. The fourth-order valence-corrected chi connectivity index (χ4v) is 1.03. The Labute approximate surface area is 85.0 Å². The van der Waals surface area contributed by atoms with Crippen molar-refractivity contribution in [3.05, 3.63) is 18.2 Å².